The molecular weight excluding hydrogens is 360 g/mol. The van der Waals surface area contributed by atoms with Crippen LogP contribution >= 0.6 is 15.9 Å². The molecule has 0 amide bonds. The van der Waals surface area contributed by atoms with Gasteiger partial charge in [-0.1, -0.05) is 0 Å². The van der Waals surface area contributed by atoms with Gasteiger partial charge in [-0.05, 0) is 54.5 Å². The molecule has 124 valence electrons. The van der Waals surface area contributed by atoms with Crippen molar-refractivity contribution in [2.45, 2.75) is 51.0 Å². The number of halogens is 1. The Hall–Kier alpha value is -1.18. The van der Waals surface area contributed by atoms with E-state index in [2.05, 4.69) is 31.3 Å². The van der Waals surface area contributed by atoms with Crippen LogP contribution in [0.2, 0.25) is 0 Å². The molecule has 2 unspecified atom stereocenters. The number of nitrogens with one attached hydrogen (secondary N) is 1. The minimum absolute atomic E-state index is 0.0127. The molecule has 0 aromatic carbocycles. The molecule has 0 bridgehead atoms. The fourth-order valence-electron chi connectivity index (χ4n) is 3.28. The summed E-state index contributed by atoms with van der Waals surface area (Å²) in [5.41, 5.74) is 1.03. The predicted molar refractivity (Wildman–Crippen MR) is 91.3 cm³/mol. The highest BCUT2D eigenvalue weighted by atomic mass is 79.9. The first kappa shape index (κ1) is 15.4. The van der Waals surface area contributed by atoms with Crippen molar-refractivity contribution >= 4 is 32.7 Å². The number of pyridine rings is 1. The zero-order chi connectivity index (χ0) is 15.6. The quantitative estimate of drug-likeness (QED) is 0.876. The summed E-state index contributed by atoms with van der Waals surface area (Å²) in [6.07, 6.45) is 10.4. The number of fused-ring (bicyclic) bond motifs is 1. The Morgan fingerprint density at radius 2 is 1.91 bits per heavy atom. The van der Waals surface area contributed by atoms with Gasteiger partial charge in [0.25, 0.3) is 0 Å². The third kappa shape index (κ3) is 3.09. The fraction of sp³-hybridized carbons (Fsp3) is 0.625. The lowest BCUT2D eigenvalue weighted by Gasteiger charge is -2.25. The summed E-state index contributed by atoms with van der Waals surface area (Å²) < 4.78 is 14.6. The zero-order valence-electron chi connectivity index (χ0n) is 13.0. The first-order valence-electron chi connectivity index (χ1n) is 8.34. The second kappa shape index (κ2) is 6.75. The second-order valence-corrected chi connectivity index (χ2v) is 6.98. The second-order valence-electron chi connectivity index (χ2n) is 6.13. The maximum absolute atomic E-state index is 5.89. The molecule has 0 radical (unpaired) electrons. The standard InChI is InChI=1S/C16H21BrN4O2/c17-12-10-18-16(20-13-5-1-3-7-22-13)11-9-19-21(15(11)12)14-6-2-4-8-23-14/h9-10,13-14H,1-8H2,(H,18,20). The molecule has 0 aliphatic carbocycles. The van der Waals surface area contributed by atoms with Crippen molar-refractivity contribution in [3.63, 3.8) is 0 Å². The van der Waals surface area contributed by atoms with Gasteiger partial charge < -0.3 is 14.8 Å². The number of hydrogen-bond donors (Lipinski definition) is 1. The average molecular weight is 381 g/mol. The van der Waals surface area contributed by atoms with Gasteiger partial charge in [0.2, 0.25) is 0 Å². The Kier molecular flexibility index (Phi) is 4.50. The Labute approximate surface area is 143 Å². The molecule has 0 spiro atoms. The van der Waals surface area contributed by atoms with Crippen LogP contribution in [-0.4, -0.2) is 34.2 Å². The number of hydrogen-bond acceptors (Lipinski definition) is 5. The summed E-state index contributed by atoms with van der Waals surface area (Å²) in [5, 5.41) is 9.00. The van der Waals surface area contributed by atoms with Crippen LogP contribution in [0.1, 0.15) is 44.8 Å². The van der Waals surface area contributed by atoms with Gasteiger partial charge in [-0.15, -0.1) is 0 Å². The van der Waals surface area contributed by atoms with E-state index in [1.165, 1.54) is 12.8 Å². The average Bonchev–Trinajstić information content (AvgIpc) is 3.05. The molecule has 0 saturated carbocycles. The summed E-state index contributed by atoms with van der Waals surface area (Å²) >= 11 is 3.61. The minimum Gasteiger partial charge on any atom is -0.359 e. The molecule has 4 heterocycles. The van der Waals surface area contributed by atoms with Crippen LogP contribution in [0.5, 0.6) is 0 Å². The summed E-state index contributed by atoms with van der Waals surface area (Å²) in [6.45, 7) is 1.61. The molecule has 4 rings (SSSR count). The summed E-state index contributed by atoms with van der Waals surface area (Å²) in [4.78, 5) is 4.53. The van der Waals surface area contributed by atoms with E-state index in [4.69, 9.17) is 9.47 Å². The van der Waals surface area contributed by atoms with Gasteiger partial charge in [-0.2, -0.15) is 5.10 Å². The molecular formula is C16H21BrN4O2. The largest absolute Gasteiger partial charge is 0.359 e. The van der Waals surface area contributed by atoms with Crippen LogP contribution in [0.3, 0.4) is 0 Å². The number of nitrogens with zero attached hydrogens (tertiary/aromatic N) is 3. The van der Waals surface area contributed by atoms with Crippen LogP contribution in [0, 0.1) is 0 Å². The number of ether oxygens (including phenoxy) is 2. The molecule has 2 aliphatic heterocycles. The highest BCUT2D eigenvalue weighted by Crippen LogP contribution is 2.33. The Bertz CT molecular complexity index is 678. The van der Waals surface area contributed by atoms with E-state index in [-0.39, 0.29) is 12.5 Å². The number of anilines is 1. The maximum atomic E-state index is 5.89. The molecule has 23 heavy (non-hydrogen) atoms. The molecule has 2 atom stereocenters. The topological polar surface area (TPSA) is 61.2 Å². The lowest BCUT2D eigenvalue weighted by molar-refractivity contribution is -0.0367. The SMILES string of the molecule is Brc1cnc(NC2CCCCO2)c2cnn(C3CCCCO3)c12. The smallest absolute Gasteiger partial charge is 0.150 e. The summed E-state index contributed by atoms with van der Waals surface area (Å²) in [7, 11) is 0. The van der Waals surface area contributed by atoms with Crippen molar-refractivity contribution in [1.29, 1.82) is 0 Å². The van der Waals surface area contributed by atoms with E-state index in [0.717, 1.165) is 60.1 Å². The number of rotatable bonds is 3. The molecule has 2 aromatic heterocycles. The molecule has 2 aromatic rings. The van der Waals surface area contributed by atoms with Gasteiger partial charge in [-0.3, -0.25) is 0 Å². The third-order valence-corrected chi connectivity index (χ3v) is 5.07. The molecule has 7 heteroatoms. The highest BCUT2D eigenvalue weighted by Gasteiger charge is 2.22. The van der Waals surface area contributed by atoms with Gasteiger partial charge in [-0.25, -0.2) is 9.67 Å². The van der Waals surface area contributed by atoms with E-state index >= 15 is 0 Å². The summed E-state index contributed by atoms with van der Waals surface area (Å²) in [5.74, 6) is 0.831. The van der Waals surface area contributed by atoms with E-state index in [0.29, 0.717) is 0 Å². The lowest BCUT2D eigenvalue weighted by Crippen LogP contribution is -2.27. The third-order valence-electron chi connectivity index (χ3n) is 4.49. The summed E-state index contributed by atoms with van der Waals surface area (Å²) in [6, 6.07) is 0. The van der Waals surface area contributed by atoms with E-state index in [1.54, 1.807) is 0 Å². The number of aromatic nitrogens is 3. The van der Waals surface area contributed by atoms with Crippen molar-refractivity contribution in [3.05, 3.63) is 16.9 Å². The maximum Gasteiger partial charge on any atom is 0.150 e. The highest BCUT2D eigenvalue weighted by molar-refractivity contribution is 9.10. The van der Waals surface area contributed by atoms with Crippen molar-refractivity contribution in [2.75, 3.05) is 18.5 Å². The van der Waals surface area contributed by atoms with Crippen molar-refractivity contribution < 1.29 is 9.47 Å². The van der Waals surface area contributed by atoms with E-state index in [1.807, 2.05) is 17.1 Å². The minimum atomic E-state index is 0.0127. The Balaban J connectivity index is 1.67. The molecule has 2 fully saturated rings. The molecule has 1 N–H and O–H groups in total. The zero-order valence-corrected chi connectivity index (χ0v) is 14.6. The van der Waals surface area contributed by atoms with Crippen LogP contribution in [0.25, 0.3) is 10.9 Å². The monoisotopic (exact) mass is 380 g/mol. The van der Waals surface area contributed by atoms with Crippen molar-refractivity contribution in [3.8, 4) is 0 Å². The Morgan fingerprint density at radius 3 is 2.65 bits per heavy atom. The van der Waals surface area contributed by atoms with E-state index < -0.39 is 0 Å². The van der Waals surface area contributed by atoms with Crippen LogP contribution in [0.4, 0.5) is 5.82 Å². The van der Waals surface area contributed by atoms with Crippen LogP contribution in [0.15, 0.2) is 16.9 Å². The van der Waals surface area contributed by atoms with Gasteiger partial charge in [0.15, 0.2) is 6.23 Å². The predicted octanol–water partition coefficient (Wildman–Crippen LogP) is 3.83. The van der Waals surface area contributed by atoms with Gasteiger partial charge >= 0.3 is 0 Å². The first-order chi connectivity index (χ1) is 11.3. The fourth-order valence-corrected chi connectivity index (χ4v) is 3.78. The lowest BCUT2D eigenvalue weighted by atomic mass is 10.2. The van der Waals surface area contributed by atoms with Crippen LogP contribution < -0.4 is 5.32 Å². The Morgan fingerprint density at radius 1 is 1.09 bits per heavy atom. The normalized spacial score (nSPS) is 25.6. The van der Waals surface area contributed by atoms with Gasteiger partial charge in [0.05, 0.1) is 21.6 Å². The molecule has 2 saturated heterocycles. The van der Waals surface area contributed by atoms with Crippen molar-refractivity contribution in [2.24, 2.45) is 0 Å². The van der Waals surface area contributed by atoms with Crippen LogP contribution in [-0.2, 0) is 9.47 Å². The molecule has 6 nitrogen and oxygen atoms in total. The first-order valence-corrected chi connectivity index (χ1v) is 9.14. The van der Waals surface area contributed by atoms with Gasteiger partial charge in [0, 0.05) is 19.4 Å². The van der Waals surface area contributed by atoms with Gasteiger partial charge in [0.1, 0.15) is 12.0 Å². The van der Waals surface area contributed by atoms with E-state index in [9.17, 15) is 0 Å². The van der Waals surface area contributed by atoms with Crippen molar-refractivity contribution in [1.82, 2.24) is 14.8 Å². The molecule has 2 aliphatic rings.